The van der Waals surface area contributed by atoms with Gasteiger partial charge in [0.05, 0.1) is 8.45 Å². The predicted molar refractivity (Wildman–Crippen MR) is 131 cm³/mol. The highest BCUT2D eigenvalue weighted by Crippen LogP contribution is 2.27. The van der Waals surface area contributed by atoms with Gasteiger partial charge in [-0.25, -0.2) is 4.79 Å². The number of fused-ring (bicyclic) bond motifs is 1. The highest BCUT2D eigenvalue weighted by Gasteiger charge is 2.15. The third kappa shape index (κ3) is 5.12. The van der Waals surface area contributed by atoms with E-state index in [4.69, 9.17) is 4.74 Å². The number of ether oxygens (including phenoxy) is 1. The largest absolute Gasteiger partial charge is 0.477 e. The molecule has 0 aliphatic carbocycles. The first kappa shape index (κ1) is 21.1. The van der Waals surface area contributed by atoms with Gasteiger partial charge in [-0.2, -0.15) is 0 Å². The highest BCUT2D eigenvalue weighted by molar-refractivity contribution is 14.1. The maximum Gasteiger partial charge on any atom is 0.352 e. The minimum Gasteiger partial charge on any atom is -0.477 e. The fourth-order valence-electron chi connectivity index (χ4n) is 2.88. The number of aliphatic carboxylic acids is 1. The van der Waals surface area contributed by atoms with Gasteiger partial charge in [0, 0.05) is 4.70 Å². The molecule has 154 valence electrons. The molecule has 5 nitrogen and oxygen atoms in total. The maximum atomic E-state index is 12.6. The van der Waals surface area contributed by atoms with Crippen LogP contribution in [0.3, 0.4) is 0 Å². The van der Waals surface area contributed by atoms with Crippen molar-refractivity contribution in [2.24, 2.45) is 0 Å². The monoisotopic (exact) mass is 541 g/mol. The number of para-hydroxylation sites is 1. The zero-order chi connectivity index (χ0) is 21.8. The van der Waals surface area contributed by atoms with Gasteiger partial charge < -0.3 is 15.2 Å². The van der Waals surface area contributed by atoms with Crippen LogP contribution in [0.2, 0.25) is 0 Å². The number of carboxylic acids is 1. The van der Waals surface area contributed by atoms with Gasteiger partial charge in [0.2, 0.25) is 0 Å². The van der Waals surface area contributed by atoms with Crippen LogP contribution in [0, 0.1) is 3.57 Å². The van der Waals surface area contributed by atoms with E-state index in [0.29, 0.717) is 16.2 Å². The molecule has 4 rings (SSSR count). The standard InChI is InChI=1S/C24H16INO4S/c25-18-6-2-3-7-20(18)30-17-11-9-15(10-12-17)13-19(24(28)29)26-23(27)22-14-16-5-1-4-8-21(16)31-22/h1-14H,(H,26,27)(H,28,29). The van der Waals surface area contributed by atoms with Crippen molar-refractivity contribution in [2.45, 2.75) is 0 Å². The van der Waals surface area contributed by atoms with Crippen molar-refractivity contribution in [3.63, 3.8) is 0 Å². The Kier molecular flexibility index (Phi) is 6.34. The number of amides is 1. The van der Waals surface area contributed by atoms with E-state index in [9.17, 15) is 14.7 Å². The number of carbonyl (C=O) groups is 2. The summed E-state index contributed by atoms with van der Waals surface area (Å²) in [6.07, 6.45) is 1.42. The second kappa shape index (κ2) is 9.32. The van der Waals surface area contributed by atoms with Crippen LogP contribution in [0.25, 0.3) is 16.2 Å². The molecule has 7 heteroatoms. The SMILES string of the molecule is O=C(O)C(=Cc1ccc(Oc2ccccc2I)cc1)NC(=O)c1cc2ccccc2s1. The predicted octanol–water partition coefficient (Wildman–Crippen LogP) is 6.15. The number of benzene rings is 3. The van der Waals surface area contributed by atoms with E-state index in [1.165, 1.54) is 17.4 Å². The highest BCUT2D eigenvalue weighted by atomic mass is 127. The van der Waals surface area contributed by atoms with Crippen molar-refractivity contribution in [3.05, 3.63) is 98.6 Å². The van der Waals surface area contributed by atoms with Crippen LogP contribution in [-0.2, 0) is 4.79 Å². The van der Waals surface area contributed by atoms with Crippen molar-refractivity contribution in [3.8, 4) is 11.5 Å². The second-order valence-electron chi connectivity index (χ2n) is 6.57. The smallest absolute Gasteiger partial charge is 0.352 e. The Morgan fingerprint density at radius 1 is 0.968 bits per heavy atom. The first-order valence-electron chi connectivity index (χ1n) is 9.27. The minimum atomic E-state index is -1.21. The van der Waals surface area contributed by atoms with E-state index < -0.39 is 11.9 Å². The molecule has 0 spiro atoms. The Morgan fingerprint density at radius 2 is 1.68 bits per heavy atom. The summed E-state index contributed by atoms with van der Waals surface area (Å²) >= 11 is 3.52. The molecule has 0 saturated carbocycles. The van der Waals surface area contributed by atoms with E-state index >= 15 is 0 Å². The summed E-state index contributed by atoms with van der Waals surface area (Å²) in [6, 6.07) is 24.0. The molecule has 3 aromatic carbocycles. The molecule has 0 aliphatic heterocycles. The van der Waals surface area contributed by atoms with Gasteiger partial charge in [-0.15, -0.1) is 11.3 Å². The van der Waals surface area contributed by atoms with Gasteiger partial charge in [-0.3, -0.25) is 4.79 Å². The molecule has 1 heterocycles. The van der Waals surface area contributed by atoms with E-state index in [-0.39, 0.29) is 5.70 Å². The molecule has 0 atom stereocenters. The average Bonchev–Trinajstić information content (AvgIpc) is 3.20. The van der Waals surface area contributed by atoms with Crippen LogP contribution in [0.1, 0.15) is 15.2 Å². The lowest BCUT2D eigenvalue weighted by atomic mass is 10.2. The van der Waals surface area contributed by atoms with Crippen LogP contribution in [-0.4, -0.2) is 17.0 Å². The van der Waals surface area contributed by atoms with E-state index in [0.717, 1.165) is 19.4 Å². The topological polar surface area (TPSA) is 75.6 Å². The summed E-state index contributed by atoms with van der Waals surface area (Å²) in [5.74, 6) is -0.289. The Balaban J connectivity index is 1.51. The summed E-state index contributed by atoms with van der Waals surface area (Å²) in [4.78, 5) is 24.7. The molecule has 0 fully saturated rings. The van der Waals surface area contributed by atoms with Gasteiger partial charge in [0.1, 0.15) is 17.2 Å². The lowest BCUT2D eigenvalue weighted by molar-refractivity contribution is -0.132. The first-order chi connectivity index (χ1) is 15.0. The summed E-state index contributed by atoms with van der Waals surface area (Å²) in [5, 5.41) is 13.0. The Bertz CT molecular complexity index is 1260. The molecular formula is C24H16INO4S. The van der Waals surface area contributed by atoms with Crippen LogP contribution < -0.4 is 10.1 Å². The fourth-order valence-corrected chi connectivity index (χ4v) is 4.34. The second-order valence-corrected chi connectivity index (χ2v) is 8.81. The maximum absolute atomic E-state index is 12.6. The van der Waals surface area contributed by atoms with Crippen molar-refractivity contribution < 1.29 is 19.4 Å². The third-order valence-electron chi connectivity index (χ3n) is 4.38. The van der Waals surface area contributed by atoms with Crippen molar-refractivity contribution in [2.75, 3.05) is 0 Å². The lowest BCUT2D eigenvalue weighted by Crippen LogP contribution is -2.26. The van der Waals surface area contributed by atoms with Crippen LogP contribution >= 0.6 is 33.9 Å². The molecule has 0 bridgehead atoms. The quantitative estimate of drug-likeness (QED) is 0.227. The van der Waals surface area contributed by atoms with Crippen LogP contribution in [0.4, 0.5) is 0 Å². The minimum absolute atomic E-state index is 0.200. The number of hydrogen-bond donors (Lipinski definition) is 2. The van der Waals surface area contributed by atoms with Crippen molar-refractivity contribution in [1.82, 2.24) is 5.32 Å². The summed E-state index contributed by atoms with van der Waals surface area (Å²) in [6.45, 7) is 0. The number of halogens is 1. The van der Waals surface area contributed by atoms with Crippen molar-refractivity contribution in [1.29, 1.82) is 0 Å². The molecule has 0 unspecified atom stereocenters. The van der Waals surface area contributed by atoms with E-state index in [1.807, 2.05) is 48.5 Å². The molecular weight excluding hydrogens is 525 g/mol. The molecule has 0 aliphatic rings. The van der Waals surface area contributed by atoms with Gasteiger partial charge in [0.25, 0.3) is 5.91 Å². The zero-order valence-electron chi connectivity index (χ0n) is 16.0. The Morgan fingerprint density at radius 3 is 2.39 bits per heavy atom. The fraction of sp³-hybridized carbons (Fsp3) is 0. The van der Waals surface area contributed by atoms with Crippen molar-refractivity contribution >= 4 is 62.0 Å². The van der Waals surface area contributed by atoms with Gasteiger partial charge in [0.15, 0.2) is 0 Å². The Hall–Kier alpha value is -3.17. The Labute approximate surface area is 196 Å². The molecule has 1 aromatic heterocycles. The molecule has 2 N–H and O–H groups in total. The van der Waals surface area contributed by atoms with E-state index in [2.05, 4.69) is 27.9 Å². The summed E-state index contributed by atoms with van der Waals surface area (Å²) in [7, 11) is 0. The summed E-state index contributed by atoms with van der Waals surface area (Å²) < 4.78 is 7.81. The van der Waals surface area contributed by atoms with E-state index in [1.54, 1.807) is 30.3 Å². The molecule has 0 saturated heterocycles. The van der Waals surface area contributed by atoms with Crippen LogP contribution in [0.5, 0.6) is 11.5 Å². The number of rotatable bonds is 6. The molecule has 4 aromatic rings. The lowest BCUT2D eigenvalue weighted by Gasteiger charge is -2.08. The number of carboxylic acid groups (broad SMARTS) is 1. The van der Waals surface area contributed by atoms with Crippen LogP contribution in [0.15, 0.2) is 84.6 Å². The molecule has 0 radical (unpaired) electrons. The van der Waals surface area contributed by atoms with Gasteiger partial charge in [-0.05, 0) is 76.0 Å². The van der Waals surface area contributed by atoms with Gasteiger partial charge in [-0.1, -0.05) is 42.5 Å². The average molecular weight is 541 g/mol. The number of thiophene rings is 1. The normalized spacial score (nSPS) is 11.3. The molecule has 1 amide bonds. The number of nitrogens with one attached hydrogen (secondary N) is 1. The number of carbonyl (C=O) groups excluding carboxylic acids is 1. The zero-order valence-corrected chi connectivity index (χ0v) is 19.0. The molecule has 31 heavy (non-hydrogen) atoms. The third-order valence-corrected chi connectivity index (χ3v) is 6.39. The van der Waals surface area contributed by atoms with Gasteiger partial charge >= 0.3 is 5.97 Å². The number of hydrogen-bond acceptors (Lipinski definition) is 4. The first-order valence-corrected chi connectivity index (χ1v) is 11.2. The summed E-state index contributed by atoms with van der Waals surface area (Å²) in [5.41, 5.74) is 0.429.